The second-order valence-electron chi connectivity index (χ2n) is 9.73. The van der Waals surface area contributed by atoms with E-state index in [2.05, 4.69) is 24.1 Å². The Morgan fingerprint density at radius 3 is 2.45 bits per heavy atom. The Morgan fingerprint density at radius 2 is 1.79 bits per heavy atom. The van der Waals surface area contributed by atoms with Crippen molar-refractivity contribution in [3.8, 4) is 0 Å². The molecule has 3 aliphatic rings. The fourth-order valence-electron chi connectivity index (χ4n) is 5.10. The molecule has 4 amide bonds. The number of benzene rings is 1. The lowest BCUT2D eigenvalue weighted by molar-refractivity contribution is -0.120. The summed E-state index contributed by atoms with van der Waals surface area (Å²) in [6, 6.07) is 6.72. The number of rotatable bonds is 6. The Kier molecular flexibility index (Phi) is 7.65. The fourth-order valence-corrected chi connectivity index (χ4v) is 5.10. The molecule has 3 aliphatic heterocycles. The minimum absolute atomic E-state index is 0.00967. The largest absolute Gasteiger partial charge is 0.375 e. The summed E-state index contributed by atoms with van der Waals surface area (Å²) in [6.45, 7) is 9.36. The van der Waals surface area contributed by atoms with Crippen LogP contribution in [-0.2, 0) is 9.53 Å². The lowest BCUT2D eigenvalue weighted by Gasteiger charge is -2.38. The summed E-state index contributed by atoms with van der Waals surface area (Å²) >= 11 is 0. The van der Waals surface area contributed by atoms with Crippen molar-refractivity contribution in [1.29, 1.82) is 0 Å². The molecule has 8 heteroatoms. The van der Waals surface area contributed by atoms with Gasteiger partial charge in [-0.15, -0.1) is 0 Å². The highest BCUT2D eigenvalue weighted by atomic mass is 16.5. The molecule has 3 saturated heterocycles. The van der Waals surface area contributed by atoms with Crippen LogP contribution in [0.3, 0.4) is 0 Å². The number of urea groups is 1. The van der Waals surface area contributed by atoms with Crippen LogP contribution in [0, 0.1) is 5.92 Å². The monoisotopic (exact) mass is 456 g/mol. The maximum Gasteiger partial charge on any atom is 0.328 e. The summed E-state index contributed by atoms with van der Waals surface area (Å²) in [5.74, 6) is 0.368. The summed E-state index contributed by atoms with van der Waals surface area (Å²) in [5, 5.41) is 2.33. The fraction of sp³-hybridized carbons (Fsp3) is 0.640. The van der Waals surface area contributed by atoms with Crippen LogP contribution in [0.25, 0.3) is 0 Å². The van der Waals surface area contributed by atoms with Crippen LogP contribution in [0.2, 0.25) is 0 Å². The molecule has 8 nitrogen and oxygen atoms in total. The van der Waals surface area contributed by atoms with Gasteiger partial charge in [0, 0.05) is 56.9 Å². The van der Waals surface area contributed by atoms with Gasteiger partial charge in [-0.3, -0.25) is 19.8 Å². The van der Waals surface area contributed by atoms with Gasteiger partial charge in [0.25, 0.3) is 5.91 Å². The summed E-state index contributed by atoms with van der Waals surface area (Å²) < 4.78 is 5.96. The number of hydrogen-bond donors (Lipinski definition) is 1. The minimum Gasteiger partial charge on any atom is -0.375 e. The SMILES string of the molecule is CC(C)OC1CCN(CC2CCN(C(=O)c3cccc(N4CCC(=O)NC4=O)c3)CC2)CC1. The molecule has 3 heterocycles. The van der Waals surface area contributed by atoms with Gasteiger partial charge in [0.05, 0.1) is 12.2 Å². The van der Waals surface area contributed by atoms with Crippen molar-refractivity contribution in [3.05, 3.63) is 29.8 Å². The molecule has 180 valence electrons. The zero-order chi connectivity index (χ0) is 23.4. The predicted octanol–water partition coefficient (Wildman–Crippen LogP) is 2.87. The number of imide groups is 1. The number of likely N-dealkylation sites (tertiary alicyclic amines) is 2. The zero-order valence-electron chi connectivity index (χ0n) is 19.8. The molecular weight excluding hydrogens is 420 g/mol. The normalized spacial score (nSPS) is 21.5. The van der Waals surface area contributed by atoms with E-state index in [9.17, 15) is 14.4 Å². The molecule has 0 saturated carbocycles. The smallest absolute Gasteiger partial charge is 0.328 e. The number of hydrogen-bond acceptors (Lipinski definition) is 5. The third kappa shape index (κ3) is 6.12. The summed E-state index contributed by atoms with van der Waals surface area (Å²) in [6.07, 6.45) is 5.21. The number of amides is 4. The molecule has 4 rings (SSSR count). The van der Waals surface area contributed by atoms with E-state index in [1.54, 1.807) is 24.3 Å². The lowest BCUT2D eigenvalue weighted by Crippen LogP contribution is -2.49. The highest BCUT2D eigenvalue weighted by Gasteiger charge is 2.28. The van der Waals surface area contributed by atoms with Crippen molar-refractivity contribution < 1.29 is 19.1 Å². The topological polar surface area (TPSA) is 82.2 Å². The molecule has 33 heavy (non-hydrogen) atoms. The van der Waals surface area contributed by atoms with Gasteiger partial charge >= 0.3 is 6.03 Å². The summed E-state index contributed by atoms with van der Waals surface area (Å²) in [4.78, 5) is 42.7. The lowest BCUT2D eigenvalue weighted by atomic mass is 9.94. The van der Waals surface area contributed by atoms with Crippen LogP contribution in [0.15, 0.2) is 24.3 Å². The van der Waals surface area contributed by atoms with Crippen molar-refractivity contribution in [1.82, 2.24) is 15.1 Å². The van der Waals surface area contributed by atoms with Crippen LogP contribution in [0.4, 0.5) is 10.5 Å². The van der Waals surface area contributed by atoms with Gasteiger partial charge in [0.1, 0.15) is 0 Å². The molecule has 0 unspecified atom stereocenters. The molecule has 1 N–H and O–H groups in total. The molecular formula is C25H36N4O4. The third-order valence-corrected chi connectivity index (χ3v) is 6.88. The van der Waals surface area contributed by atoms with Gasteiger partial charge in [0.15, 0.2) is 0 Å². The quantitative estimate of drug-likeness (QED) is 0.712. The number of anilines is 1. The summed E-state index contributed by atoms with van der Waals surface area (Å²) in [7, 11) is 0. The molecule has 0 aliphatic carbocycles. The second-order valence-corrected chi connectivity index (χ2v) is 9.73. The Balaban J connectivity index is 1.26. The first-order valence-corrected chi connectivity index (χ1v) is 12.3. The molecule has 0 bridgehead atoms. The molecule has 0 radical (unpaired) electrons. The Hall–Kier alpha value is -2.45. The van der Waals surface area contributed by atoms with E-state index in [1.165, 1.54) is 4.90 Å². The molecule has 1 aromatic carbocycles. The first-order valence-electron chi connectivity index (χ1n) is 12.3. The van der Waals surface area contributed by atoms with E-state index in [0.717, 1.165) is 58.4 Å². The van der Waals surface area contributed by atoms with Crippen molar-refractivity contribution in [2.75, 3.05) is 44.2 Å². The average Bonchev–Trinajstić information content (AvgIpc) is 2.80. The first kappa shape index (κ1) is 23.7. The molecule has 1 aromatic rings. The standard InChI is InChI=1S/C25H36N4O4/c1-18(2)33-22-8-11-27(12-9-22)17-19-6-13-28(14-7-19)24(31)20-4-3-5-21(16-20)29-15-10-23(30)26-25(29)32/h3-5,16,18-19,22H,6-15,17H2,1-2H3,(H,26,30,32). The highest BCUT2D eigenvalue weighted by molar-refractivity contribution is 6.06. The van der Waals surface area contributed by atoms with Gasteiger partial charge in [-0.25, -0.2) is 4.79 Å². The molecule has 3 fully saturated rings. The zero-order valence-corrected chi connectivity index (χ0v) is 19.8. The van der Waals surface area contributed by atoms with E-state index in [0.29, 0.717) is 35.9 Å². The number of nitrogens with zero attached hydrogens (tertiary/aromatic N) is 3. The van der Waals surface area contributed by atoms with Crippen molar-refractivity contribution in [3.63, 3.8) is 0 Å². The highest BCUT2D eigenvalue weighted by Crippen LogP contribution is 2.24. The van der Waals surface area contributed by atoms with Gasteiger partial charge < -0.3 is 14.5 Å². The van der Waals surface area contributed by atoms with Crippen LogP contribution >= 0.6 is 0 Å². The maximum absolute atomic E-state index is 13.1. The van der Waals surface area contributed by atoms with Gasteiger partial charge in [0.2, 0.25) is 5.91 Å². The Bertz CT molecular complexity index is 858. The van der Waals surface area contributed by atoms with E-state index < -0.39 is 6.03 Å². The number of carbonyl (C=O) groups is 3. The van der Waals surface area contributed by atoms with Crippen molar-refractivity contribution in [2.24, 2.45) is 5.92 Å². The number of nitrogens with one attached hydrogen (secondary N) is 1. The van der Waals surface area contributed by atoms with Crippen LogP contribution < -0.4 is 10.2 Å². The number of ether oxygens (including phenoxy) is 1. The van der Waals surface area contributed by atoms with Crippen LogP contribution in [-0.4, -0.2) is 79.1 Å². The minimum atomic E-state index is -0.434. The van der Waals surface area contributed by atoms with Gasteiger partial charge in [-0.1, -0.05) is 6.07 Å². The van der Waals surface area contributed by atoms with E-state index in [4.69, 9.17) is 4.74 Å². The number of piperidine rings is 2. The predicted molar refractivity (Wildman–Crippen MR) is 126 cm³/mol. The van der Waals surface area contributed by atoms with Gasteiger partial charge in [-0.2, -0.15) is 0 Å². The number of carbonyl (C=O) groups excluding carboxylic acids is 3. The summed E-state index contributed by atoms with van der Waals surface area (Å²) in [5.41, 5.74) is 1.23. The Labute approximate surface area is 196 Å². The second kappa shape index (κ2) is 10.7. The Morgan fingerprint density at radius 1 is 1.06 bits per heavy atom. The van der Waals surface area contributed by atoms with Crippen molar-refractivity contribution in [2.45, 2.75) is 58.2 Å². The van der Waals surface area contributed by atoms with Crippen molar-refractivity contribution >= 4 is 23.5 Å². The van der Waals surface area contributed by atoms with E-state index >= 15 is 0 Å². The molecule has 0 spiro atoms. The first-order chi connectivity index (χ1) is 15.9. The van der Waals surface area contributed by atoms with Crippen LogP contribution in [0.5, 0.6) is 0 Å². The van der Waals surface area contributed by atoms with E-state index in [1.807, 2.05) is 4.90 Å². The third-order valence-electron chi connectivity index (χ3n) is 6.88. The van der Waals surface area contributed by atoms with E-state index in [-0.39, 0.29) is 18.2 Å². The maximum atomic E-state index is 13.1. The van der Waals surface area contributed by atoms with Crippen LogP contribution in [0.1, 0.15) is 56.3 Å². The molecule has 0 aromatic heterocycles. The average molecular weight is 457 g/mol. The van der Waals surface area contributed by atoms with Gasteiger partial charge in [-0.05, 0) is 63.6 Å². The molecule has 0 atom stereocenters.